The van der Waals surface area contributed by atoms with E-state index in [-0.39, 0.29) is 5.75 Å². The predicted octanol–water partition coefficient (Wildman–Crippen LogP) is 5.84. The first-order valence-electron chi connectivity index (χ1n) is 8.67. The number of aromatic hydroxyl groups is 1. The number of phenolic OH excluding ortho intramolecular Hbond substituents is 1. The van der Waals surface area contributed by atoms with Crippen molar-refractivity contribution in [3.63, 3.8) is 0 Å². The zero-order valence-electron chi connectivity index (χ0n) is 14.3. The summed E-state index contributed by atoms with van der Waals surface area (Å²) in [5, 5.41) is 9.98. The van der Waals surface area contributed by atoms with E-state index in [0.29, 0.717) is 11.5 Å². The maximum absolute atomic E-state index is 9.98. The van der Waals surface area contributed by atoms with Gasteiger partial charge in [0.2, 0.25) is 5.95 Å². The molecule has 3 aromatic rings. The summed E-state index contributed by atoms with van der Waals surface area (Å²) in [4.78, 5) is 9.21. The molecule has 130 valence electrons. The van der Waals surface area contributed by atoms with Crippen LogP contribution >= 0.6 is 15.9 Å². The topological polar surface area (TPSA) is 50.4 Å². The molecule has 0 amide bonds. The maximum Gasteiger partial charge on any atom is 0.230 e. The highest BCUT2D eigenvalue weighted by Gasteiger charge is 2.09. The third-order valence-corrected chi connectivity index (χ3v) is 4.67. The van der Waals surface area contributed by atoms with E-state index < -0.39 is 0 Å². The van der Waals surface area contributed by atoms with Crippen LogP contribution in [0.15, 0.2) is 51.9 Å². The van der Waals surface area contributed by atoms with E-state index in [9.17, 15) is 5.11 Å². The predicted molar refractivity (Wildman–Crippen MR) is 107 cm³/mol. The van der Waals surface area contributed by atoms with E-state index in [1.165, 1.54) is 19.3 Å². The SMILES string of the molecule is CCCCCCn1c(N=Cc2cc(Br)ccc2O)nc2ccccc21. The number of rotatable bonds is 7. The van der Waals surface area contributed by atoms with Gasteiger partial charge in [-0.15, -0.1) is 0 Å². The van der Waals surface area contributed by atoms with Crippen molar-refractivity contribution >= 4 is 39.1 Å². The molecule has 0 unspecified atom stereocenters. The van der Waals surface area contributed by atoms with Crippen LogP contribution in [0.2, 0.25) is 0 Å². The Morgan fingerprint density at radius 2 is 2.00 bits per heavy atom. The van der Waals surface area contributed by atoms with Crippen LogP contribution in [0.1, 0.15) is 38.2 Å². The molecule has 0 radical (unpaired) electrons. The lowest BCUT2D eigenvalue weighted by Crippen LogP contribution is -1.98. The second kappa shape index (κ2) is 8.30. The summed E-state index contributed by atoms with van der Waals surface area (Å²) in [6.45, 7) is 3.12. The van der Waals surface area contributed by atoms with Crippen LogP contribution in [-0.4, -0.2) is 20.9 Å². The van der Waals surface area contributed by atoms with Crippen molar-refractivity contribution in [2.45, 2.75) is 39.2 Å². The number of aryl methyl sites for hydroxylation is 1. The van der Waals surface area contributed by atoms with Gasteiger partial charge in [0, 0.05) is 22.8 Å². The van der Waals surface area contributed by atoms with Gasteiger partial charge in [-0.2, -0.15) is 0 Å². The van der Waals surface area contributed by atoms with Gasteiger partial charge in [-0.1, -0.05) is 54.2 Å². The minimum absolute atomic E-state index is 0.206. The van der Waals surface area contributed by atoms with Gasteiger partial charge >= 0.3 is 0 Å². The van der Waals surface area contributed by atoms with Crippen molar-refractivity contribution in [1.82, 2.24) is 9.55 Å². The Morgan fingerprint density at radius 3 is 2.84 bits per heavy atom. The third kappa shape index (κ3) is 4.28. The number of hydrogen-bond acceptors (Lipinski definition) is 3. The molecule has 0 aliphatic rings. The Labute approximate surface area is 156 Å². The zero-order chi connectivity index (χ0) is 17.6. The zero-order valence-corrected chi connectivity index (χ0v) is 15.9. The lowest BCUT2D eigenvalue weighted by Gasteiger charge is -2.06. The second-order valence-corrected chi connectivity index (χ2v) is 6.99. The van der Waals surface area contributed by atoms with Gasteiger partial charge in [0.1, 0.15) is 5.75 Å². The Morgan fingerprint density at radius 1 is 1.16 bits per heavy atom. The normalized spacial score (nSPS) is 11.6. The average Bonchev–Trinajstić information content (AvgIpc) is 2.97. The van der Waals surface area contributed by atoms with Gasteiger partial charge < -0.3 is 9.67 Å². The standard InChI is InChI=1S/C20H22BrN3O/c1-2-3-4-7-12-24-18-9-6-5-8-17(18)23-20(24)22-14-15-13-16(21)10-11-19(15)25/h5-6,8-11,13-14,25H,2-4,7,12H2,1H3. The monoisotopic (exact) mass is 399 g/mol. The minimum atomic E-state index is 0.206. The molecule has 0 fully saturated rings. The number of hydrogen-bond donors (Lipinski definition) is 1. The van der Waals surface area contributed by atoms with E-state index in [4.69, 9.17) is 0 Å². The molecule has 1 N–H and O–H groups in total. The number of phenols is 1. The molecule has 0 saturated heterocycles. The van der Waals surface area contributed by atoms with Crippen molar-refractivity contribution in [2.24, 2.45) is 4.99 Å². The smallest absolute Gasteiger partial charge is 0.230 e. The molecule has 5 heteroatoms. The number of fused-ring (bicyclic) bond motifs is 1. The average molecular weight is 400 g/mol. The Bertz CT molecular complexity index is 886. The molecular formula is C20H22BrN3O. The van der Waals surface area contributed by atoms with Crippen LogP contribution in [0.5, 0.6) is 5.75 Å². The summed E-state index contributed by atoms with van der Waals surface area (Å²) in [6, 6.07) is 13.4. The fraction of sp³-hybridized carbons (Fsp3) is 0.300. The molecular weight excluding hydrogens is 378 g/mol. The molecule has 0 atom stereocenters. The summed E-state index contributed by atoms with van der Waals surface area (Å²) < 4.78 is 3.07. The molecule has 0 saturated carbocycles. The summed E-state index contributed by atoms with van der Waals surface area (Å²) in [5.41, 5.74) is 2.71. The lowest BCUT2D eigenvalue weighted by molar-refractivity contribution is 0.474. The highest BCUT2D eigenvalue weighted by Crippen LogP contribution is 2.24. The van der Waals surface area contributed by atoms with E-state index in [1.807, 2.05) is 24.3 Å². The summed E-state index contributed by atoms with van der Waals surface area (Å²) in [7, 11) is 0. The fourth-order valence-corrected chi connectivity index (χ4v) is 3.21. The van der Waals surface area contributed by atoms with E-state index in [1.54, 1.807) is 18.3 Å². The molecule has 2 aromatic carbocycles. The van der Waals surface area contributed by atoms with E-state index >= 15 is 0 Å². The molecule has 0 spiro atoms. The molecule has 4 nitrogen and oxygen atoms in total. The van der Waals surface area contributed by atoms with Crippen LogP contribution in [-0.2, 0) is 6.54 Å². The number of nitrogens with zero attached hydrogens (tertiary/aromatic N) is 3. The summed E-state index contributed by atoms with van der Waals surface area (Å²) in [5.74, 6) is 0.884. The number of benzene rings is 2. The van der Waals surface area contributed by atoms with Gasteiger partial charge in [0.15, 0.2) is 0 Å². The number of aromatic nitrogens is 2. The quantitative estimate of drug-likeness (QED) is 0.400. The van der Waals surface area contributed by atoms with Crippen LogP contribution in [0.4, 0.5) is 5.95 Å². The van der Waals surface area contributed by atoms with Crippen LogP contribution < -0.4 is 0 Å². The van der Waals surface area contributed by atoms with Crippen LogP contribution in [0, 0.1) is 0 Å². The molecule has 25 heavy (non-hydrogen) atoms. The van der Waals surface area contributed by atoms with E-state index in [0.717, 1.165) is 28.5 Å². The number of imidazole rings is 1. The number of unbranched alkanes of at least 4 members (excludes halogenated alkanes) is 3. The lowest BCUT2D eigenvalue weighted by atomic mass is 10.2. The van der Waals surface area contributed by atoms with Crippen LogP contribution in [0.3, 0.4) is 0 Å². The maximum atomic E-state index is 9.98. The minimum Gasteiger partial charge on any atom is -0.507 e. The molecule has 1 heterocycles. The first-order chi connectivity index (χ1) is 12.2. The Balaban J connectivity index is 1.91. The number of halogens is 1. The molecule has 3 rings (SSSR count). The first-order valence-corrected chi connectivity index (χ1v) is 9.46. The van der Waals surface area contributed by atoms with Crippen molar-refractivity contribution in [2.75, 3.05) is 0 Å². The largest absolute Gasteiger partial charge is 0.507 e. The van der Waals surface area contributed by atoms with E-state index in [2.05, 4.69) is 43.5 Å². The van der Waals surface area contributed by atoms with Gasteiger partial charge in [0.25, 0.3) is 0 Å². The van der Waals surface area contributed by atoms with Crippen molar-refractivity contribution in [3.05, 3.63) is 52.5 Å². The highest BCUT2D eigenvalue weighted by atomic mass is 79.9. The highest BCUT2D eigenvalue weighted by molar-refractivity contribution is 9.10. The van der Waals surface area contributed by atoms with Crippen molar-refractivity contribution in [1.29, 1.82) is 0 Å². The number of aliphatic imine (C=N–C) groups is 1. The summed E-state index contributed by atoms with van der Waals surface area (Å²) >= 11 is 3.42. The fourth-order valence-electron chi connectivity index (χ4n) is 2.83. The first kappa shape index (κ1) is 17.7. The van der Waals surface area contributed by atoms with Crippen molar-refractivity contribution in [3.8, 4) is 5.75 Å². The Hall–Kier alpha value is -2.14. The molecule has 0 bridgehead atoms. The van der Waals surface area contributed by atoms with Gasteiger partial charge in [-0.05, 0) is 36.8 Å². The van der Waals surface area contributed by atoms with Crippen LogP contribution in [0.25, 0.3) is 11.0 Å². The third-order valence-electron chi connectivity index (χ3n) is 4.18. The van der Waals surface area contributed by atoms with Crippen molar-refractivity contribution < 1.29 is 5.11 Å². The molecule has 1 aromatic heterocycles. The number of para-hydroxylation sites is 2. The van der Waals surface area contributed by atoms with Gasteiger partial charge in [0.05, 0.1) is 11.0 Å². The summed E-state index contributed by atoms with van der Waals surface area (Å²) in [6.07, 6.45) is 6.45. The molecule has 0 aliphatic heterocycles. The van der Waals surface area contributed by atoms with Gasteiger partial charge in [-0.25, -0.2) is 9.98 Å². The molecule has 0 aliphatic carbocycles. The second-order valence-electron chi connectivity index (χ2n) is 6.07. The Kier molecular flexibility index (Phi) is 5.87. The van der Waals surface area contributed by atoms with Gasteiger partial charge in [-0.3, -0.25) is 0 Å².